The normalized spacial score (nSPS) is 12.6. The number of nitrogens with zero attached hydrogens (tertiary/aromatic N) is 1. The van der Waals surface area contributed by atoms with Gasteiger partial charge in [0, 0.05) is 18.8 Å². The molecule has 0 aliphatic rings. The van der Waals surface area contributed by atoms with Gasteiger partial charge in [-0.15, -0.1) is 0 Å². The molecule has 0 saturated heterocycles. The van der Waals surface area contributed by atoms with E-state index >= 15 is 0 Å². The van der Waals surface area contributed by atoms with Crippen molar-refractivity contribution in [2.24, 2.45) is 5.73 Å². The summed E-state index contributed by atoms with van der Waals surface area (Å²) < 4.78 is 75.9. The molecule has 3 nitrogen and oxygen atoms in total. The molecule has 0 spiro atoms. The monoisotopic (exact) mass is 316 g/mol. The Hall–Kier alpha value is -1.48. The molecular weight excluding hydrogens is 302 g/mol. The van der Waals surface area contributed by atoms with Gasteiger partial charge in [-0.3, -0.25) is 0 Å². The molecule has 1 aromatic rings. The Labute approximate surface area is 117 Å². The summed E-state index contributed by atoms with van der Waals surface area (Å²) in [5.74, 6) is 0. The van der Waals surface area contributed by atoms with Gasteiger partial charge in [0.25, 0.3) is 0 Å². The molecule has 0 aliphatic carbocycles. The molecule has 1 aromatic carbocycles. The number of rotatable bonds is 5. The maximum atomic E-state index is 12.9. The number of alkyl halides is 6. The van der Waals surface area contributed by atoms with Gasteiger partial charge in [0.15, 0.2) is 0 Å². The molecule has 0 amide bonds. The Kier molecular flexibility index (Phi) is 5.46. The number of hydrogen-bond donors (Lipinski definition) is 2. The van der Waals surface area contributed by atoms with Gasteiger partial charge in [-0.25, -0.2) is 0 Å². The topological polar surface area (TPSA) is 49.5 Å². The van der Waals surface area contributed by atoms with Gasteiger partial charge in [0.2, 0.25) is 0 Å². The molecule has 0 aromatic heterocycles. The number of nitrogens with two attached hydrogens (primary N) is 1. The van der Waals surface area contributed by atoms with Gasteiger partial charge in [-0.1, -0.05) is 6.07 Å². The second-order valence-corrected chi connectivity index (χ2v) is 4.30. The molecule has 0 fully saturated rings. The van der Waals surface area contributed by atoms with Crippen molar-refractivity contribution in [1.29, 1.82) is 0 Å². The van der Waals surface area contributed by atoms with E-state index in [2.05, 4.69) is 0 Å². The first-order valence-electron chi connectivity index (χ1n) is 5.91. The van der Waals surface area contributed by atoms with Crippen LogP contribution in [-0.4, -0.2) is 31.0 Å². The largest absolute Gasteiger partial charge is 0.416 e. The fourth-order valence-corrected chi connectivity index (χ4v) is 1.84. The van der Waals surface area contributed by atoms with E-state index in [1.807, 2.05) is 0 Å². The zero-order valence-corrected chi connectivity index (χ0v) is 10.8. The first-order chi connectivity index (χ1) is 9.58. The third kappa shape index (κ3) is 5.09. The van der Waals surface area contributed by atoms with Crippen LogP contribution < -0.4 is 10.6 Å². The predicted octanol–water partition coefficient (Wildman–Crippen LogP) is 2.53. The maximum absolute atomic E-state index is 12.9. The molecule has 120 valence electrons. The zero-order valence-electron chi connectivity index (χ0n) is 10.8. The average molecular weight is 316 g/mol. The highest BCUT2D eigenvalue weighted by molar-refractivity contribution is 5.52. The van der Waals surface area contributed by atoms with Crippen LogP contribution in [0.3, 0.4) is 0 Å². The second kappa shape index (κ2) is 6.52. The summed E-state index contributed by atoms with van der Waals surface area (Å²) in [7, 11) is 0. The van der Waals surface area contributed by atoms with E-state index in [4.69, 9.17) is 10.8 Å². The summed E-state index contributed by atoms with van der Waals surface area (Å²) in [6.45, 7) is -2.88. The maximum Gasteiger partial charge on any atom is 0.416 e. The summed E-state index contributed by atoms with van der Waals surface area (Å²) in [5.41, 5.74) is 3.65. The van der Waals surface area contributed by atoms with Gasteiger partial charge < -0.3 is 15.7 Å². The van der Waals surface area contributed by atoms with Crippen LogP contribution in [0, 0.1) is 0 Å². The standard InChI is InChI=1S/C12H14F6N2O/c13-11(14,15)7-20(3-4-21)9-2-1-8(6-19)10(5-9)12(16,17)18/h1-2,5,21H,3-4,6-7,19H2. The minimum atomic E-state index is -4.71. The zero-order chi connectivity index (χ0) is 16.3. The summed E-state index contributed by atoms with van der Waals surface area (Å²) >= 11 is 0. The Bertz CT molecular complexity index is 472. The van der Waals surface area contributed by atoms with Crippen LogP contribution in [0.25, 0.3) is 0 Å². The molecule has 0 aliphatic heterocycles. The lowest BCUT2D eigenvalue weighted by atomic mass is 10.1. The average Bonchev–Trinajstić information content (AvgIpc) is 2.35. The first-order valence-corrected chi connectivity index (χ1v) is 5.91. The lowest BCUT2D eigenvalue weighted by Gasteiger charge is -2.26. The highest BCUT2D eigenvalue weighted by atomic mass is 19.4. The summed E-state index contributed by atoms with van der Waals surface area (Å²) in [6.07, 6.45) is -9.31. The number of aliphatic hydroxyl groups excluding tert-OH is 1. The van der Waals surface area contributed by atoms with Crippen molar-refractivity contribution < 1.29 is 31.4 Å². The van der Waals surface area contributed by atoms with E-state index in [-0.39, 0.29) is 17.8 Å². The number of halogens is 6. The Balaban J connectivity index is 3.21. The Morgan fingerprint density at radius 3 is 2.14 bits per heavy atom. The number of benzene rings is 1. The van der Waals surface area contributed by atoms with E-state index < -0.39 is 37.6 Å². The van der Waals surface area contributed by atoms with Crippen molar-refractivity contribution >= 4 is 5.69 Å². The van der Waals surface area contributed by atoms with E-state index in [1.54, 1.807) is 0 Å². The number of aliphatic hydroxyl groups is 1. The Morgan fingerprint density at radius 2 is 1.71 bits per heavy atom. The lowest BCUT2D eigenvalue weighted by molar-refractivity contribution is -0.138. The van der Waals surface area contributed by atoms with E-state index in [1.165, 1.54) is 0 Å². The lowest BCUT2D eigenvalue weighted by Crippen LogP contribution is -2.36. The Morgan fingerprint density at radius 1 is 1.10 bits per heavy atom. The smallest absolute Gasteiger partial charge is 0.395 e. The molecule has 0 atom stereocenters. The molecule has 0 heterocycles. The van der Waals surface area contributed by atoms with Crippen LogP contribution in [0.2, 0.25) is 0 Å². The predicted molar refractivity (Wildman–Crippen MR) is 64.7 cm³/mol. The van der Waals surface area contributed by atoms with Gasteiger partial charge in [0.1, 0.15) is 6.54 Å². The van der Waals surface area contributed by atoms with Crippen molar-refractivity contribution in [2.45, 2.75) is 18.9 Å². The van der Waals surface area contributed by atoms with Crippen LogP contribution in [0.5, 0.6) is 0 Å². The molecule has 0 radical (unpaired) electrons. The minimum absolute atomic E-state index is 0.206. The van der Waals surface area contributed by atoms with Crippen LogP contribution in [0.15, 0.2) is 18.2 Å². The van der Waals surface area contributed by atoms with Crippen molar-refractivity contribution in [3.8, 4) is 0 Å². The van der Waals surface area contributed by atoms with E-state index in [0.717, 1.165) is 12.1 Å². The second-order valence-electron chi connectivity index (χ2n) is 4.30. The van der Waals surface area contributed by atoms with Crippen LogP contribution in [-0.2, 0) is 12.7 Å². The van der Waals surface area contributed by atoms with Crippen LogP contribution in [0.4, 0.5) is 32.0 Å². The summed E-state index contributed by atoms with van der Waals surface area (Å²) in [5, 5.41) is 8.77. The molecule has 9 heteroatoms. The van der Waals surface area contributed by atoms with Crippen molar-refractivity contribution in [3.05, 3.63) is 29.3 Å². The number of hydrogen-bond acceptors (Lipinski definition) is 3. The third-order valence-corrected chi connectivity index (χ3v) is 2.72. The van der Waals surface area contributed by atoms with Crippen molar-refractivity contribution in [2.75, 3.05) is 24.6 Å². The molecule has 3 N–H and O–H groups in total. The van der Waals surface area contributed by atoms with Crippen LogP contribution in [0.1, 0.15) is 11.1 Å². The third-order valence-electron chi connectivity index (χ3n) is 2.72. The van der Waals surface area contributed by atoms with Gasteiger partial charge in [-0.05, 0) is 17.7 Å². The molecule has 0 unspecified atom stereocenters. The fourth-order valence-electron chi connectivity index (χ4n) is 1.84. The SMILES string of the molecule is NCc1ccc(N(CCO)CC(F)(F)F)cc1C(F)(F)F. The molecule has 1 rings (SSSR count). The van der Waals surface area contributed by atoms with Gasteiger partial charge in [0.05, 0.1) is 12.2 Å². The quantitative estimate of drug-likeness (QED) is 0.821. The fraction of sp³-hybridized carbons (Fsp3) is 0.500. The van der Waals surface area contributed by atoms with Gasteiger partial charge >= 0.3 is 12.4 Å². The van der Waals surface area contributed by atoms with Gasteiger partial charge in [-0.2, -0.15) is 26.3 Å². The first kappa shape index (κ1) is 17.6. The summed E-state index contributed by atoms with van der Waals surface area (Å²) in [6, 6.07) is 2.78. The van der Waals surface area contributed by atoms with Crippen molar-refractivity contribution in [1.82, 2.24) is 0 Å². The summed E-state index contributed by atoms with van der Waals surface area (Å²) in [4.78, 5) is 0.634. The minimum Gasteiger partial charge on any atom is -0.395 e. The molecule has 21 heavy (non-hydrogen) atoms. The highest BCUT2D eigenvalue weighted by Crippen LogP contribution is 2.35. The number of anilines is 1. The van der Waals surface area contributed by atoms with Crippen molar-refractivity contribution in [3.63, 3.8) is 0 Å². The van der Waals surface area contributed by atoms with E-state index in [0.29, 0.717) is 11.0 Å². The molecular formula is C12H14F6N2O. The van der Waals surface area contributed by atoms with Crippen LogP contribution >= 0.6 is 0 Å². The molecule has 0 bridgehead atoms. The van der Waals surface area contributed by atoms with E-state index in [9.17, 15) is 26.3 Å². The highest BCUT2D eigenvalue weighted by Gasteiger charge is 2.35. The molecule has 0 saturated carbocycles.